The average molecular weight is 358 g/mol. The largest absolute Gasteiger partial charge is 0.256 e. The summed E-state index contributed by atoms with van der Waals surface area (Å²) in [5, 5.41) is 2.56. The molecule has 0 spiro atoms. The first-order valence-electron chi connectivity index (χ1n) is 10.3. The molecule has 1 aliphatic rings. The fourth-order valence-electron chi connectivity index (χ4n) is 4.38. The van der Waals surface area contributed by atoms with Gasteiger partial charge >= 0.3 is 0 Å². The number of nitrogens with zero attached hydrogens (tertiary/aromatic N) is 1. The molecule has 1 fully saturated rings. The van der Waals surface area contributed by atoms with Crippen LogP contribution in [0, 0.1) is 13.8 Å². The third-order valence-electron chi connectivity index (χ3n) is 6.38. The van der Waals surface area contributed by atoms with E-state index in [1.54, 1.807) is 0 Å². The lowest BCUT2D eigenvalue weighted by atomic mass is 9.83. The summed E-state index contributed by atoms with van der Waals surface area (Å²) in [6.45, 7) is 11.3. The van der Waals surface area contributed by atoms with Crippen molar-refractivity contribution in [3.63, 3.8) is 0 Å². The lowest BCUT2D eigenvalue weighted by Crippen LogP contribution is -2.12. The number of aryl methyl sites for hydroxylation is 1. The van der Waals surface area contributed by atoms with Crippen molar-refractivity contribution in [2.45, 2.75) is 71.6 Å². The van der Waals surface area contributed by atoms with Crippen LogP contribution in [0.3, 0.4) is 0 Å². The zero-order valence-corrected chi connectivity index (χ0v) is 17.4. The van der Waals surface area contributed by atoms with Crippen LogP contribution in [0.15, 0.2) is 42.6 Å². The highest BCUT2D eigenvalue weighted by molar-refractivity contribution is 5.86. The number of rotatable bonds is 2. The molecule has 1 nitrogen and oxygen atoms in total. The number of benzene rings is 2. The van der Waals surface area contributed by atoms with Crippen LogP contribution in [0.1, 0.15) is 74.6 Å². The third-order valence-corrected chi connectivity index (χ3v) is 6.38. The van der Waals surface area contributed by atoms with Gasteiger partial charge in [0.25, 0.3) is 0 Å². The molecule has 140 valence electrons. The van der Waals surface area contributed by atoms with Crippen molar-refractivity contribution < 1.29 is 0 Å². The molecule has 1 saturated carbocycles. The van der Waals surface area contributed by atoms with Crippen molar-refractivity contribution in [1.29, 1.82) is 0 Å². The zero-order chi connectivity index (χ0) is 19.2. The van der Waals surface area contributed by atoms with Crippen LogP contribution in [0.4, 0.5) is 0 Å². The van der Waals surface area contributed by atoms with Gasteiger partial charge in [0.1, 0.15) is 0 Å². The van der Waals surface area contributed by atoms with Gasteiger partial charge in [0, 0.05) is 17.1 Å². The maximum absolute atomic E-state index is 4.83. The molecule has 27 heavy (non-hydrogen) atoms. The highest BCUT2D eigenvalue weighted by atomic mass is 14.7. The van der Waals surface area contributed by atoms with Gasteiger partial charge in [0.05, 0.1) is 5.69 Å². The van der Waals surface area contributed by atoms with E-state index in [9.17, 15) is 0 Å². The second kappa shape index (κ2) is 6.78. The predicted molar refractivity (Wildman–Crippen MR) is 117 cm³/mol. The Balaban J connectivity index is 1.83. The first kappa shape index (κ1) is 18.2. The Labute approximate surface area is 163 Å². The highest BCUT2D eigenvalue weighted by Gasteiger charge is 2.19. The molecule has 0 atom stereocenters. The van der Waals surface area contributed by atoms with Gasteiger partial charge in [-0.25, -0.2) is 0 Å². The third kappa shape index (κ3) is 3.52. The van der Waals surface area contributed by atoms with E-state index in [1.807, 2.05) is 6.20 Å². The van der Waals surface area contributed by atoms with E-state index < -0.39 is 0 Å². The van der Waals surface area contributed by atoms with Gasteiger partial charge in [-0.05, 0) is 77.8 Å². The van der Waals surface area contributed by atoms with Gasteiger partial charge in [-0.2, -0.15) is 0 Å². The Morgan fingerprint density at radius 3 is 2.33 bits per heavy atom. The Morgan fingerprint density at radius 2 is 1.63 bits per heavy atom. The standard InChI is InChI=1S/C26H31N/c1-17-12-23(26(3,4)5)15-24(18(17)2)25-14-22-13-20(19-8-6-7-9-19)10-11-21(22)16-27-25/h10-16,19H,6-9H2,1-5H3. The molecule has 2 aromatic carbocycles. The second-order valence-electron chi connectivity index (χ2n) is 9.37. The average Bonchev–Trinajstić information content (AvgIpc) is 3.17. The van der Waals surface area contributed by atoms with E-state index in [1.165, 1.54) is 64.3 Å². The van der Waals surface area contributed by atoms with E-state index in [-0.39, 0.29) is 5.41 Å². The Bertz CT molecular complexity index is 985. The fraction of sp³-hybridized carbons (Fsp3) is 0.423. The second-order valence-corrected chi connectivity index (χ2v) is 9.37. The van der Waals surface area contributed by atoms with Gasteiger partial charge < -0.3 is 0 Å². The first-order chi connectivity index (χ1) is 12.8. The Hall–Kier alpha value is -2.15. The molecule has 0 N–H and O–H groups in total. The number of fused-ring (bicyclic) bond motifs is 1. The topological polar surface area (TPSA) is 12.9 Å². The molecule has 4 rings (SSSR count). The smallest absolute Gasteiger partial charge is 0.0711 e. The summed E-state index contributed by atoms with van der Waals surface area (Å²) in [5.74, 6) is 0.749. The molecule has 1 aromatic heterocycles. The van der Waals surface area contributed by atoms with Crippen LogP contribution >= 0.6 is 0 Å². The number of hydrogen-bond donors (Lipinski definition) is 0. The lowest BCUT2D eigenvalue weighted by Gasteiger charge is -2.22. The normalized spacial score (nSPS) is 15.6. The van der Waals surface area contributed by atoms with E-state index in [0.29, 0.717) is 0 Å². The molecule has 0 radical (unpaired) electrons. The van der Waals surface area contributed by atoms with Crippen LogP contribution in [0.5, 0.6) is 0 Å². The summed E-state index contributed by atoms with van der Waals surface area (Å²) in [6.07, 6.45) is 7.48. The molecule has 1 heteroatoms. The van der Waals surface area contributed by atoms with Crippen molar-refractivity contribution in [2.75, 3.05) is 0 Å². The van der Waals surface area contributed by atoms with Gasteiger partial charge in [-0.1, -0.05) is 57.9 Å². The molecular formula is C26H31N. The van der Waals surface area contributed by atoms with Crippen molar-refractivity contribution in [1.82, 2.24) is 4.98 Å². The molecule has 1 aliphatic carbocycles. The Morgan fingerprint density at radius 1 is 0.889 bits per heavy atom. The molecule has 0 aliphatic heterocycles. The molecule has 0 bridgehead atoms. The van der Waals surface area contributed by atoms with Crippen LogP contribution in [0.25, 0.3) is 22.0 Å². The van der Waals surface area contributed by atoms with Gasteiger partial charge in [0.2, 0.25) is 0 Å². The zero-order valence-electron chi connectivity index (χ0n) is 17.4. The monoisotopic (exact) mass is 357 g/mol. The summed E-state index contributed by atoms with van der Waals surface area (Å²) in [7, 11) is 0. The molecule has 0 unspecified atom stereocenters. The van der Waals surface area contributed by atoms with Crippen LogP contribution < -0.4 is 0 Å². The van der Waals surface area contributed by atoms with Gasteiger partial charge in [-0.3, -0.25) is 4.98 Å². The summed E-state index contributed by atoms with van der Waals surface area (Å²) in [5.41, 5.74) is 8.07. The summed E-state index contributed by atoms with van der Waals surface area (Å²) < 4.78 is 0. The van der Waals surface area contributed by atoms with Crippen LogP contribution in [-0.4, -0.2) is 4.98 Å². The van der Waals surface area contributed by atoms with Crippen molar-refractivity contribution in [2.24, 2.45) is 0 Å². The SMILES string of the molecule is Cc1cc(C(C)(C)C)cc(-c2cc3cc(C4CCCC4)ccc3cn2)c1C. The summed E-state index contributed by atoms with van der Waals surface area (Å²) >= 11 is 0. The molecule has 0 amide bonds. The lowest BCUT2D eigenvalue weighted by molar-refractivity contribution is 0.589. The summed E-state index contributed by atoms with van der Waals surface area (Å²) in [6, 6.07) is 13.9. The van der Waals surface area contributed by atoms with Gasteiger partial charge in [-0.15, -0.1) is 0 Å². The van der Waals surface area contributed by atoms with Crippen molar-refractivity contribution in [3.8, 4) is 11.3 Å². The van der Waals surface area contributed by atoms with E-state index in [0.717, 1.165) is 11.6 Å². The van der Waals surface area contributed by atoms with Crippen molar-refractivity contribution in [3.05, 3.63) is 64.8 Å². The fourth-order valence-corrected chi connectivity index (χ4v) is 4.38. The maximum atomic E-state index is 4.83. The van der Waals surface area contributed by atoms with Crippen LogP contribution in [0.2, 0.25) is 0 Å². The molecular weight excluding hydrogens is 326 g/mol. The number of hydrogen-bond acceptors (Lipinski definition) is 1. The quantitative estimate of drug-likeness (QED) is 0.463. The number of aromatic nitrogens is 1. The molecule has 3 aromatic rings. The van der Waals surface area contributed by atoms with Gasteiger partial charge in [0.15, 0.2) is 0 Å². The Kier molecular flexibility index (Phi) is 4.58. The molecule has 1 heterocycles. The maximum Gasteiger partial charge on any atom is 0.0711 e. The molecule has 0 saturated heterocycles. The highest BCUT2D eigenvalue weighted by Crippen LogP contribution is 2.36. The van der Waals surface area contributed by atoms with E-state index >= 15 is 0 Å². The van der Waals surface area contributed by atoms with Crippen molar-refractivity contribution >= 4 is 10.8 Å². The summed E-state index contributed by atoms with van der Waals surface area (Å²) in [4.78, 5) is 4.83. The predicted octanol–water partition coefficient (Wildman–Crippen LogP) is 7.47. The minimum Gasteiger partial charge on any atom is -0.256 e. The van der Waals surface area contributed by atoms with E-state index in [4.69, 9.17) is 4.98 Å². The van der Waals surface area contributed by atoms with Crippen LogP contribution in [-0.2, 0) is 5.41 Å². The first-order valence-corrected chi connectivity index (χ1v) is 10.3. The number of pyridine rings is 1. The minimum atomic E-state index is 0.139. The van der Waals surface area contributed by atoms with E-state index in [2.05, 4.69) is 71.0 Å². The minimum absolute atomic E-state index is 0.139.